The maximum absolute atomic E-state index is 12.7. The van der Waals surface area contributed by atoms with Gasteiger partial charge >= 0.3 is 0 Å². The fourth-order valence-electron chi connectivity index (χ4n) is 4.23. The lowest BCUT2D eigenvalue weighted by Crippen LogP contribution is -2.62. The van der Waals surface area contributed by atoms with Crippen LogP contribution in [0.25, 0.3) is 0 Å². The zero-order chi connectivity index (χ0) is 17.2. The topological polar surface area (TPSA) is 49.8 Å². The Balaban J connectivity index is 1.61. The van der Waals surface area contributed by atoms with Crippen LogP contribution in [0, 0.1) is 5.41 Å². The molecule has 4 nitrogen and oxygen atoms in total. The van der Waals surface area contributed by atoms with Crippen LogP contribution in [-0.2, 0) is 11.2 Å². The highest BCUT2D eigenvalue weighted by Gasteiger charge is 2.56. The summed E-state index contributed by atoms with van der Waals surface area (Å²) in [5.41, 5.74) is 1.92. The smallest absolute Gasteiger partial charge is 0.253 e. The van der Waals surface area contributed by atoms with E-state index in [9.17, 15) is 9.90 Å². The number of carbonyl (C=O) groups is 1. The Labute approximate surface area is 144 Å². The van der Waals surface area contributed by atoms with Crippen LogP contribution in [-0.4, -0.2) is 47.8 Å². The molecule has 2 fully saturated rings. The quantitative estimate of drug-likeness (QED) is 0.902. The summed E-state index contributed by atoms with van der Waals surface area (Å²) in [5, 5.41) is 10.3. The summed E-state index contributed by atoms with van der Waals surface area (Å²) in [5.74, 6) is 0.106. The predicted octanol–water partition coefficient (Wildman–Crippen LogP) is 3.03. The molecule has 2 atom stereocenters. The third-order valence-corrected chi connectivity index (χ3v) is 5.83. The lowest BCUT2D eigenvalue weighted by molar-refractivity contribution is -0.207. The van der Waals surface area contributed by atoms with E-state index >= 15 is 0 Å². The van der Waals surface area contributed by atoms with E-state index in [0.717, 1.165) is 37.7 Å². The van der Waals surface area contributed by atoms with Gasteiger partial charge in [-0.2, -0.15) is 0 Å². The first-order chi connectivity index (χ1) is 11.6. The number of hydrogen-bond donors (Lipinski definition) is 1. The molecule has 1 N–H and O–H groups in total. The SMILES string of the molecule is CCCc1ccc(C(=O)N2CCC3(CC2)C(O)CC3OCC)cc1. The maximum Gasteiger partial charge on any atom is 0.253 e. The van der Waals surface area contributed by atoms with Crippen LogP contribution in [0.15, 0.2) is 24.3 Å². The van der Waals surface area contributed by atoms with E-state index < -0.39 is 0 Å². The molecule has 2 unspecified atom stereocenters. The number of ether oxygens (including phenoxy) is 1. The lowest BCUT2D eigenvalue weighted by atomic mass is 9.58. The Bertz CT molecular complexity index is 559. The molecule has 0 radical (unpaired) electrons. The average molecular weight is 331 g/mol. The minimum absolute atomic E-state index is 0.106. The van der Waals surface area contributed by atoms with E-state index in [2.05, 4.69) is 19.1 Å². The van der Waals surface area contributed by atoms with Crippen LogP contribution >= 0.6 is 0 Å². The van der Waals surface area contributed by atoms with Crippen molar-refractivity contribution in [2.75, 3.05) is 19.7 Å². The second-order valence-electron chi connectivity index (χ2n) is 7.17. The van der Waals surface area contributed by atoms with Crippen molar-refractivity contribution in [3.8, 4) is 0 Å². The number of rotatable bonds is 5. The molecule has 1 aliphatic heterocycles. The van der Waals surface area contributed by atoms with Crippen molar-refractivity contribution in [2.24, 2.45) is 5.41 Å². The number of carbonyl (C=O) groups excluding carboxylic acids is 1. The molecule has 0 aromatic heterocycles. The monoisotopic (exact) mass is 331 g/mol. The van der Waals surface area contributed by atoms with Gasteiger partial charge in [0.2, 0.25) is 0 Å². The third-order valence-electron chi connectivity index (χ3n) is 5.83. The van der Waals surface area contributed by atoms with E-state index in [1.807, 2.05) is 24.0 Å². The van der Waals surface area contributed by atoms with E-state index in [4.69, 9.17) is 4.74 Å². The number of aryl methyl sites for hydroxylation is 1. The molecular formula is C20H29NO3. The summed E-state index contributed by atoms with van der Waals surface area (Å²) >= 11 is 0. The van der Waals surface area contributed by atoms with Crippen molar-refractivity contribution in [1.82, 2.24) is 4.90 Å². The Morgan fingerprint density at radius 1 is 1.25 bits per heavy atom. The van der Waals surface area contributed by atoms with Gasteiger partial charge in [0.05, 0.1) is 12.2 Å². The molecule has 1 spiro atoms. The van der Waals surface area contributed by atoms with E-state index in [1.54, 1.807) is 0 Å². The van der Waals surface area contributed by atoms with Crippen molar-refractivity contribution < 1.29 is 14.6 Å². The zero-order valence-electron chi connectivity index (χ0n) is 14.8. The highest BCUT2D eigenvalue weighted by atomic mass is 16.5. The van der Waals surface area contributed by atoms with Gasteiger partial charge in [0.1, 0.15) is 0 Å². The van der Waals surface area contributed by atoms with Gasteiger partial charge in [-0.15, -0.1) is 0 Å². The number of nitrogens with zero attached hydrogens (tertiary/aromatic N) is 1. The number of aliphatic hydroxyl groups excluding tert-OH is 1. The Hall–Kier alpha value is -1.39. The van der Waals surface area contributed by atoms with Gasteiger partial charge in [0.15, 0.2) is 0 Å². The van der Waals surface area contributed by atoms with Gasteiger partial charge in [0.25, 0.3) is 5.91 Å². The van der Waals surface area contributed by atoms with Crippen LogP contribution in [0.2, 0.25) is 0 Å². The van der Waals surface area contributed by atoms with Gasteiger partial charge in [-0.1, -0.05) is 25.5 Å². The average Bonchev–Trinajstić information content (AvgIpc) is 2.62. The lowest BCUT2D eigenvalue weighted by Gasteiger charge is -2.56. The maximum atomic E-state index is 12.7. The molecule has 132 valence electrons. The highest BCUT2D eigenvalue weighted by molar-refractivity contribution is 5.94. The number of amides is 1. The molecular weight excluding hydrogens is 302 g/mol. The van der Waals surface area contributed by atoms with Crippen molar-refractivity contribution in [2.45, 2.75) is 58.2 Å². The fraction of sp³-hybridized carbons (Fsp3) is 0.650. The zero-order valence-corrected chi connectivity index (χ0v) is 14.8. The molecule has 1 saturated heterocycles. The summed E-state index contributed by atoms with van der Waals surface area (Å²) in [6.45, 7) is 6.25. The Kier molecular flexibility index (Phi) is 5.26. The van der Waals surface area contributed by atoms with E-state index in [-0.39, 0.29) is 23.5 Å². The Morgan fingerprint density at radius 2 is 1.92 bits per heavy atom. The van der Waals surface area contributed by atoms with Crippen molar-refractivity contribution in [3.05, 3.63) is 35.4 Å². The number of benzene rings is 1. The number of piperidine rings is 1. The van der Waals surface area contributed by atoms with Gasteiger partial charge in [-0.05, 0) is 43.9 Å². The molecule has 4 heteroatoms. The van der Waals surface area contributed by atoms with E-state index in [0.29, 0.717) is 19.7 Å². The summed E-state index contributed by atoms with van der Waals surface area (Å²) in [7, 11) is 0. The highest BCUT2D eigenvalue weighted by Crippen LogP contribution is 2.51. The summed E-state index contributed by atoms with van der Waals surface area (Å²) < 4.78 is 5.79. The molecule has 3 rings (SSSR count). The fourth-order valence-corrected chi connectivity index (χ4v) is 4.23. The normalized spacial score (nSPS) is 25.5. The molecule has 1 saturated carbocycles. The molecule has 24 heavy (non-hydrogen) atoms. The molecule has 0 bridgehead atoms. The largest absolute Gasteiger partial charge is 0.392 e. The first kappa shape index (κ1) is 17.4. The van der Waals surface area contributed by atoms with Gasteiger partial charge in [-0.25, -0.2) is 0 Å². The minimum Gasteiger partial charge on any atom is -0.392 e. The number of likely N-dealkylation sites (tertiary alicyclic amines) is 1. The summed E-state index contributed by atoms with van der Waals surface area (Å²) in [6.07, 6.45) is 4.45. The van der Waals surface area contributed by atoms with Gasteiger partial charge < -0.3 is 14.7 Å². The molecule has 1 aliphatic carbocycles. The van der Waals surface area contributed by atoms with Crippen LogP contribution < -0.4 is 0 Å². The predicted molar refractivity (Wildman–Crippen MR) is 94.0 cm³/mol. The number of aliphatic hydroxyl groups is 1. The standard InChI is InChI=1S/C20H29NO3/c1-3-5-15-6-8-16(9-7-15)19(23)21-12-10-20(11-13-21)17(22)14-18(20)24-4-2/h6-9,17-18,22H,3-5,10-14H2,1-2H3. The van der Waals surface area contributed by atoms with E-state index in [1.165, 1.54) is 5.56 Å². The first-order valence-corrected chi connectivity index (χ1v) is 9.28. The molecule has 1 amide bonds. The van der Waals surface area contributed by atoms with Crippen molar-refractivity contribution in [3.63, 3.8) is 0 Å². The van der Waals surface area contributed by atoms with Crippen molar-refractivity contribution in [1.29, 1.82) is 0 Å². The second-order valence-corrected chi connectivity index (χ2v) is 7.17. The van der Waals surface area contributed by atoms with Crippen LogP contribution in [0.5, 0.6) is 0 Å². The van der Waals surface area contributed by atoms with Gasteiger partial charge in [0, 0.05) is 37.1 Å². The number of hydrogen-bond acceptors (Lipinski definition) is 3. The summed E-state index contributed by atoms with van der Waals surface area (Å²) in [4.78, 5) is 14.6. The molecule has 2 aliphatic rings. The molecule has 1 aromatic rings. The minimum atomic E-state index is -0.278. The van der Waals surface area contributed by atoms with Crippen LogP contribution in [0.4, 0.5) is 0 Å². The van der Waals surface area contributed by atoms with Crippen LogP contribution in [0.1, 0.15) is 55.5 Å². The van der Waals surface area contributed by atoms with Crippen LogP contribution in [0.3, 0.4) is 0 Å². The molecule has 1 heterocycles. The van der Waals surface area contributed by atoms with Crippen molar-refractivity contribution >= 4 is 5.91 Å². The van der Waals surface area contributed by atoms with Gasteiger partial charge in [-0.3, -0.25) is 4.79 Å². The first-order valence-electron chi connectivity index (χ1n) is 9.28. The molecule has 1 aromatic carbocycles. The summed E-state index contributed by atoms with van der Waals surface area (Å²) in [6, 6.07) is 8.00. The second kappa shape index (κ2) is 7.24. The third kappa shape index (κ3) is 3.09. The Morgan fingerprint density at radius 3 is 2.46 bits per heavy atom.